The molecule has 0 N–H and O–H groups in total. The highest BCUT2D eigenvalue weighted by molar-refractivity contribution is 5.94. The van der Waals surface area contributed by atoms with Crippen molar-refractivity contribution in [1.82, 2.24) is 24.4 Å². The third-order valence-corrected chi connectivity index (χ3v) is 5.76. The van der Waals surface area contributed by atoms with Gasteiger partial charge in [0, 0.05) is 25.7 Å². The first-order valence-electron chi connectivity index (χ1n) is 10.4. The Labute approximate surface area is 178 Å². The van der Waals surface area contributed by atoms with Gasteiger partial charge in [-0.1, -0.05) is 23.4 Å². The van der Waals surface area contributed by atoms with Crippen molar-refractivity contribution in [3.63, 3.8) is 0 Å². The molecular formula is C23H22FN5O2. The van der Waals surface area contributed by atoms with Crippen LogP contribution in [0, 0.1) is 18.7 Å². The van der Waals surface area contributed by atoms with Crippen LogP contribution in [-0.2, 0) is 6.42 Å². The van der Waals surface area contributed by atoms with Gasteiger partial charge in [0.25, 0.3) is 5.91 Å². The molecular weight excluding hydrogens is 397 g/mol. The minimum absolute atomic E-state index is 0.0153. The first-order chi connectivity index (χ1) is 15.1. The number of aryl methyl sites for hydroxylation is 1. The third-order valence-electron chi connectivity index (χ3n) is 5.76. The van der Waals surface area contributed by atoms with Crippen molar-refractivity contribution in [2.24, 2.45) is 5.92 Å². The fourth-order valence-corrected chi connectivity index (χ4v) is 4.27. The number of aromatic nitrogens is 4. The van der Waals surface area contributed by atoms with Gasteiger partial charge in [-0.2, -0.15) is 4.98 Å². The zero-order chi connectivity index (χ0) is 21.4. The summed E-state index contributed by atoms with van der Waals surface area (Å²) in [6, 6.07) is 12.1. The molecule has 0 saturated carbocycles. The number of carbonyl (C=O) groups excluding carboxylic acids is 1. The number of fused-ring (bicyclic) bond motifs is 1. The highest BCUT2D eigenvalue weighted by Crippen LogP contribution is 2.25. The zero-order valence-corrected chi connectivity index (χ0v) is 17.2. The SMILES string of the molecule is Cc1nc2ccccn2c1C(=O)N1CCCC(Cc2nc(-c3ccccc3F)no2)C1. The van der Waals surface area contributed by atoms with Crippen LogP contribution in [0.1, 0.15) is 34.9 Å². The van der Waals surface area contributed by atoms with Gasteiger partial charge in [-0.25, -0.2) is 9.37 Å². The average Bonchev–Trinajstić information content (AvgIpc) is 3.37. The largest absolute Gasteiger partial charge is 0.339 e. The summed E-state index contributed by atoms with van der Waals surface area (Å²) in [6.45, 7) is 3.18. The Hall–Kier alpha value is -3.55. The Morgan fingerprint density at radius 2 is 2.03 bits per heavy atom. The van der Waals surface area contributed by atoms with Crippen molar-refractivity contribution < 1.29 is 13.7 Å². The molecule has 0 radical (unpaired) electrons. The van der Waals surface area contributed by atoms with Crippen molar-refractivity contribution in [3.05, 3.63) is 71.8 Å². The van der Waals surface area contributed by atoms with Crippen LogP contribution in [0.3, 0.4) is 0 Å². The molecule has 158 valence electrons. The van der Waals surface area contributed by atoms with E-state index in [-0.39, 0.29) is 23.5 Å². The van der Waals surface area contributed by atoms with Gasteiger partial charge in [-0.15, -0.1) is 0 Å². The predicted molar refractivity (Wildman–Crippen MR) is 112 cm³/mol. The van der Waals surface area contributed by atoms with Crippen LogP contribution in [-0.4, -0.2) is 43.4 Å². The van der Waals surface area contributed by atoms with E-state index in [4.69, 9.17) is 4.52 Å². The number of imidazole rings is 1. The number of carbonyl (C=O) groups is 1. The lowest BCUT2D eigenvalue weighted by atomic mass is 9.94. The second-order valence-corrected chi connectivity index (χ2v) is 7.93. The van der Waals surface area contributed by atoms with E-state index in [1.807, 2.05) is 40.6 Å². The van der Waals surface area contributed by atoms with Crippen LogP contribution < -0.4 is 0 Å². The summed E-state index contributed by atoms with van der Waals surface area (Å²) >= 11 is 0. The standard InChI is InChI=1S/C23H22FN5O2/c1-15-21(29-12-5-4-10-19(29)25-15)23(30)28-11-6-7-16(14-28)13-20-26-22(27-31-20)17-8-2-3-9-18(17)24/h2-5,8-10,12,16H,6-7,11,13-14H2,1H3. The Morgan fingerprint density at radius 1 is 1.19 bits per heavy atom. The van der Waals surface area contributed by atoms with Crippen molar-refractivity contribution in [2.45, 2.75) is 26.2 Å². The quantitative estimate of drug-likeness (QED) is 0.501. The first-order valence-corrected chi connectivity index (χ1v) is 10.4. The lowest BCUT2D eigenvalue weighted by Crippen LogP contribution is -2.41. The highest BCUT2D eigenvalue weighted by atomic mass is 19.1. The normalized spacial score (nSPS) is 16.7. The molecule has 31 heavy (non-hydrogen) atoms. The van der Waals surface area contributed by atoms with Crippen molar-refractivity contribution in [1.29, 1.82) is 0 Å². The topological polar surface area (TPSA) is 76.5 Å². The Kier molecular flexibility index (Phi) is 4.97. The van der Waals surface area contributed by atoms with E-state index in [0.29, 0.717) is 36.7 Å². The third kappa shape index (κ3) is 3.69. The summed E-state index contributed by atoms with van der Waals surface area (Å²) in [4.78, 5) is 24.1. The van der Waals surface area contributed by atoms with Crippen LogP contribution in [0.4, 0.5) is 4.39 Å². The van der Waals surface area contributed by atoms with E-state index in [9.17, 15) is 9.18 Å². The molecule has 1 aliphatic heterocycles. The molecule has 4 aromatic rings. The summed E-state index contributed by atoms with van der Waals surface area (Å²) in [7, 11) is 0. The maximum absolute atomic E-state index is 14.0. The molecule has 1 unspecified atom stereocenters. The molecule has 0 bridgehead atoms. The molecule has 0 spiro atoms. The minimum Gasteiger partial charge on any atom is -0.339 e. The van der Waals surface area contributed by atoms with E-state index in [1.165, 1.54) is 6.07 Å². The number of hydrogen-bond acceptors (Lipinski definition) is 5. The zero-order valence-electron chi connectivity index (χ0n) is 17.2. The van der Waals surface area contributed by atoms with Crippen molar-refractivity contribution in [2.75, 3.05) is 13.1 Å². The van der Waals surface area contributed by atoms with Crippen molar-refractivity contribution in [3.8, 4) is 11.4 Å². The molecule has 1 amide bonds. The fourth-order valence-electron chi connectivity index (χ4n) is 4.27. The summed E-state index contributed by atoms with van der Waals surface area (Å²) < 4.78 is 21.2. The second-order valence-electron chi connectivity index (χ2n) is 7.93. The maximum atomic E-state index is 14.0. The molecule has 7 nitrogen and oxygen atoms in total. The number of benzene rings is 1. The highest BCUT2D eigenvalue weighted by Gasteiger charge is 2.29. The number of pyridine rings is 1. The number of hydrogen-bond donors (Lipinski definition) is 0. The Balaban J connectivity index is 1.31. The van der Waals surface area contributed by atoms with E-state index in [1.54, 1.807) is 18.2 Å². The lowest BCUT2D eigenvalue weighted by Gasteiger charge is -2.32. The smallest absolute Gasteiger partial charge is 0.272 e. The Morgan fingerprint density at radius 3 is 2.90 bits per heavy atom. The van der Waals surface area contributed by atoms with Gasteiger partial charge >= 0.3 is 0 Å². The number of piperidine rings is 1. The van der Waals surface area contributed by atoms with Crippen LogP contribution >= 0.6 is 0 Å². The molecule has 8 heteroatoms. The van der Waals surface area contributed by atoms with Gasteiger partial charge in [-0.3, -0.25) is 9.20 Å². The van der Waals surface area contributed by atoms with Gasteiger partial charge < -0.3 is 9.42 Å². The molecule has 1 saturated heterocycles. The van der Waals surface area contributed by atoms with Crippen LogP contribution in [0.2, 0.25) is 0 Å². The second kappa shape index (κ2) is 7.94. The van der Waals surface area contributed by atoms with Crippen LogP contribution in [0.15, 0.2) is 53.2 Å². The molecule has 1 aromatic carbocycles. The molecule has 1 aliphatic rings. The van der Waals surface area contributed by atoms with E-state index in [0.717, 1.165) is 24.2 Å². The fraction of sp³-hybridized carbons (Fsp3) is 0.304. The summed E-state index contributed by atoms with van der Waals surface area (Å²) in [5.41, 5.74) is 2.42. The molecule has 0 aliphatic carbocycles. The lowest BCUT2D eigenvalue weighted by molar-refractivity contribution is 0.0660. The maximum Gasteiger partial charge on any atom is 0.272 e. The monoisotopic (exact) mass is 419 g/mol. The summed E-state index contributed by atoms with van der Waals surface area (Å²) in [6.07, 6.45) is 4.29. The summed E-state index contributed by atoms with van der Waals surface area (Å²) in [5, 5.41) is 3.94. The van der Waals surface area contributed by atoms with Gasteiger partial charge in [0.1, 0.15) is 17.2 Å². The predicted octanol–water partition coefficient (Wildman–Crippen LogP) is 3.93. The van der Waals surface area contributed by atoms with E-state index in [2.05, 4.69) is 15.1 Å². The van der Waals surface area contributed by atoms with Gasteiger partial charge in [0.05, 0.1) is 11.3 Å². The number of nitrogens with zero attached hydrogens (tertiary/aromatic N) is 5. The number of halogens is 1. The molecule has 3 aromatic heterocycles. The average molecular weight is 419 g/mol. The molecule has 4 heterocycles. The first kappa shape index (κ1) is 19.4. The van der Waals surface area contributed by atoms with Crippen LogP contribution in [0.5, 0.6) is 0 Å². The van der Waals surface area contributed by atoms with Crippen molar-refractivity contribution >= 4 is 11.6 Å². The molecule has 1 fully saturated rings. The van der Waals surface area contributed by atoms with Gasteiger partial charge in [0.15, 0.2) is 0 Å². The number of likely N-dealkylation sites (tertiary alicyclic amines) is 1. The molecule has 1 atom stereocenters. The minimum atomic E-state index is -0.382. The van der Waals surface area contributed by atoms with Gasteiger partial charge in [0.2, 0.25) is 11.7 Å². The van der Waals surface area contributed by atoms with Crippen LogP contribution in [0.25, 0.3) is 17.0 Å². The van der Waals surface area contributed by atoms with Gasteiger partial charge in [-0.05, 0) is 49.9 Å². The number of amides is 1. The molecule has 5 rings (SSSR count). The van der Waals surface area contributed by atoms with E-state index >= 15 is 0 Å². The Bertz CT molecular complexity index is 1250. The summed E-state index contributed by atoms with van der Waals surface area (Å²) in [5.74, 6) is 0.513. The van der Waals surface area contributed by atoms with E-state index < -0.39 is 0 Å². The number of rotatable bonds is 4.